The second kappa shape index (κ2) is 4.79. The van der Waals surface area contributed by atoms with Crippen molar-refractivity contribution in [3.63, 3.8) is 0 Å². The van der Waals surface area contributed by atoms with Crippen LogP contribution in [0.4, 0.5) is 6.01 Å². The van der Waals surface area contributed by atoms with Gasteiger partial charge in [-0.3, -0.25) is 4.98 Å². The van der Waals surface area contributed by atoms with Crippen LogP contribution in [0.5, 0.6) is 0 Å². The standard InChI is InChI=1S/C12H15N3O/c1-9-11(16-12(13-2)15-9)4-3-10-5-7-14-8-6-10/h5-8H,3-4H2,1-2H3,(H,13,15). The van der Waals surface area contributed by atoms with Crippen LogP contribution < -0.4 is 5.32 Å². The topological polar surface area (TPSA) is 51.0 Å². The SMILES string of the molecule is CNc1nc(C)c(CCc2ccncc2)o1. The average molecular weight is 217 g/mol. The Morgan fingerprint density at radius 2 is 2.00 bits per heavy atom. The molecule has 0 spiro atoms. The Bertz CT molecular complexity index is 451. The van der Waals surface area contributed by atoms with Crippen LogP contribution >= 0.6 is 0 Å². The van der Waals surface area contributed by atoms with E-state index in [4.69, 9.17) is 4.42 Å². The van der Waals surface area contributed by atoms with Crippen molar-refractivity contribution in [2.75, 3.05) is 12.4 Å². The normalized spacial score (nSPS) is 10.4. The van der Waals surface area contributed by atoms with Crippen molar-refractivity contribution in [1.29, 1.82) is 0 Å². The molecule has 0 saturated carbocycles. The monoisotopic (exact) mass is 217 g/mol. The van der Waals surface area contributed by atoms with Gasteiger partial charge in [0, 0.05) is 25.9 Å². The fraction of sp³-hybridized carbons (Fsp3) is 0.333. The molecule has 4 heteroatoms. The average Bonchev–Trinajstić information content (AvgIpc) is 2.69. The number of hydrogen-bond donors (Lipinski definition) is 1. The van der Waals surface area contributed by atoms with Crippen LogP contribution in [0.15, 0.2) is 28.9 Å². The Labute approximate surface area is 94.7 Å². The van der Waals surface area contributed by atoms with E-state index in [1.807, 2.05) is 31.5 Å². The van der Waals surface area contributed by atoms with Gasteiger partial charge >= 0.3 is 0 Å². The molecule has 0 aliphatic heterocycles. The lowest BCUT2D eigenvalue weighted by molar-refractivity contribution is 0.516. The molecule has 2 rings (SSSR count). The zero-order valence-electron chi connectivity index (χ0n) is 9.53. The summed E-state index contributed by atoms with van der Waals surface area (Å²) in [6.07, 6.45) is 5.43. The Kier molecular flexibility index (Phi) is 3.19. The molecule has 0 unspecified atom stereocenters. The molecule has 0 aliphatic carbocycles. The number of nitrogens with zero attached hydrogens (tertiary/aromatic N) is 2. The van der Waals surface area contributed by atoms with Gasteiger partial charge in [0.25, 0.3) is 6.01 Å². The molecule has 0 atom stereocenters. The van der Waals surface area contributed by atoms with E-state index >= 15 is 0 Å². The summed E-state index contributed by atoms with van der Waals surface area (Å²) in [5.74, 6) is 0.946. The molecule has 2 aromatic rings. The minimum absolute atomic E-state index is 0.585. The Balaban J connectivity index is 2.02. The summed E-state index contributed by atoms with van der Waals surface area (Å²) in [7, 11) is 1.80. The molecule has 0 amide bonds. The van der Waals surface area contributed by atoms with Crippen LogP contribution in [-0.2, 0) is 12.8 Å². The van der Waals surface area contributed by atoms with Crippen molar-refractivity contribution >= 4 is 6.01 Å². The molecule has 0 aromatic carbocycles. The van der Waals surface area contributed by atoms with Crippen LogP contribution in [0.1, 0.15) is 17.0 Å². The first-order valence-corrected chi connectivity index (χ1v) is 5.32. The highest BCUT2D eigenvalue weighted by Crippen LogP contribution is 2.16. The molecular formula is C12H15N3O. The van der Waals surface area contributed by atoms with E-state index in [-0.39, 0.29) is 0 Å². The molecule has 0 radical (unpaired) electrons. The molecule has 1 N–H and O–H groups in total. The maximum Gasteiger partial charge on any atom is 0.294 e. The van der Waals surface area contributed by atoms with Crippen LogP contribution in [-0.4, -0.2) is 17.0 Å². The number of aromatic nitrogens is 2. The first-order chi connectivity index (χ1) is 7.79. The van der Waals surface area contributed by atoms with Crippen molar-refractivity contribution < 1.29 is 4.42 Å². The zero-order chi connectivity index (χ0) is 11.4. The lowest BCUT2D eigenvalue weighted by Gasteiger charge is -1.98. The Hall–Kier alpha value is -1.84. The maximum absolute atomic E-state index is 5.55. The number of nitrogens with one attached hydrogen (secondary N) is 1. The number of pyridine rings is 1. The summed E-state index contributed by atoms with van der Waals surface area (Å²) in [6, 6.07) is 4.62. The predicted molar refractivity (Wildman–Crippen MR) is 62.4 cm³/mol. The number of anilines is 1. The van der Waals surface area contributed by atoms with E-state index in [9.17, 15) is 0 Å². The van der Waals surface area contributed by atoms with Gasteiger partial charge in [-0.15, -0.1) is 0 Å². The van der Waals surface area contributed by atoms with Crippen molar-refractivity contribution in [1.82, 2.24) is 9.97 Å². The van der Waals surface area contributed by atoms with E-state index in [1.165, 1.54) is 5.56 Å². The van der Waals surface area contributed by atoms with Gasteiger partial charge in [-0.2, -0.15) is 4.98 Å². The van der Waals surface area contributed by atoms with Crippen molar-refractivity contribution in [2.24, 2.45) is 0 Å². The highest BCUT2D eigenvalue weighted by atomic mass is 16.4. The summed E-state index contributed by atoms with van der Waals surface area (Å²) in [4.78, 5) is 8.24. The quantitative estimate of drug-likeness (QED) is 0.853. The minimum Gasteiger partial charge on any atom is -0.428 e. The summed E-state index contributed by atoms with van der Waals surface area (Å²) in [6.45, 7) is 1.96. The molecule has 84 valence electrons. The largest absolute Gasteiger partial charge is 0.428 e. The Morgan fingerprint density at radius 1 is 1.25 bits per heavy atom. The fourth-order valence-corrected chi connectivity index (χ4v) is 1.57. The van der Waals surface area contributed by atoms with E-state index < -0.39 is 0 Å². The summed E-state index contributed by atoms with van der Waals surface area (Å²) in [5, 5.41) is 2.90. The van der Waals surface area contributed by atoms with Crippen molar-refractivity contribution in [3.8, 4) is 0 Å². The van der Waals surface area contributed by atoms with Gasteiger partial charge in [-0.05, 0) is 31.0 Å². The summed E-state index contributed by atoms with van der Waals surface area (Å²) in [5.41, 5.74) is 2.22. The molecule has 16 heavy (non-hydrogen) atoms. The first kappa shape index (κ1) is 10.7. The second-order valence-corrected chi connectivity index (χ2v) is 3.63. The van der Waals surface area contributed by atoms with Gasteiger partial charge in [0.2, 0.25) is 0 Å². The molecule has 2 aromatic heterocycles. The minimum atomic E-state index is 0.585. The lowest BCUT2D eigenvalue weighted by atomic mass is 10.1. The molecule has 0 aliphatic rings. The van der Waals surface area contributed by atoms with Crippen LogP contribution in [0.2, 0.25) is 0 Å². The smallest absolute Gasteiger partial charge is 0.294 e. The first-order valence-electron chi connectivity index (χ1n) is 5.32. The second-order valence-electron chi connectivity index (χ2n) is 3.63. The van der Waals surface area contributed by atoms with Gasteiger partial charge in [0.15, 0.2) is 0 Å². The summed E-state index contributed by atoms with van der Waals surface area (Å²) >= 11 is 0. The lowest BCUT2D eigenvalue weighted by Crippen LogP contribution is -1.91. The van der Waals surface area contributed by atoms with Crippen LogP contribution in [0, 0.1) is 6.92 Å². The van der Waals surface area contributed by atoms with E-state index in [2.05, 4.69) is 15.3 Å². The maximum atomic E-state index is 5.55. The molecule has 0 bridgehead atoms. The molecule has 0 fully saturated rings. The third-order valence-electron chi connectivity index (χ3n) is 2.50. The third kappa shape index (κ3) is 2.39. The summed E-state index contributed by atoms with van der Waals surface area (Å²) < 4.78 is 5.55. The highest BCUT2D eigenvalue weighted by Gasteiger charge is 2.08. The van der Waals surface area contributed by atoms with Crippen molar-refractivity contribution in [3.05, 3.63) is 41.5 Å². The predicted octanol–water partition coefficient (Wildman–Crippen LogP) is 2.20. The van der Waals surface area contributed by atoms with Gasteiger partial charge in [0.05, 0.1) is 5.69 Å². The number of aryl methyl sites for hydroxylation is 3. The molecule has 2 heterocycles. The van der Waals surface area contributed by atoms with Gasteiger partial charge in [-0.1, -0.05) is 0 Å². The molecule has 0 saturated heterocycles. The van der Waals surface area contributed by atoms with Crippen molar-refractivity contribution in [2.45, 2.75) is 19.8 Å². The number of hydrogen-bond acceptors (Lipinski definition) is 4. The highest BCUT2D eigenvalue weighted by molar-refractivity contribution is 5.24. The van der Waals surface area contributed by atoms with E-state index in [0.29, 0.717) is 6.01 Å². The fourth-order valence-electron chi connectivity index (χ4n) is 1.57. The van der Waals surface area contributed by atoms with E-state index in [0.717, 1.165) is 24.3 Å². The zero-order valence-corrected chi connectivity index (χ0v) is 9.53. The Morgan fingerprint density at radius 3 is 2.62 bits per heavy atom. The molecular weight excluding hydrogens is 202 g/mol. The van der Waals surface area contributed by atoms with E-state index in [1.54, 1.807) is 7.05 Å². The number of rotatable bonds is 4. The van der Waals surface area contributed by atoms with Gasteiger partial charge in [0.1, 0.15) is 5.76 Å². The molecule has 4 nitrogen and oxygen atoms in total. The third-order valence-corrected chi connectivity index (χ3v) is 2.50. The van der Waals surface area contributed by atoms with Gasteiger partial charge in [-0.25, -0.2) is 0 Å². The van der Waals surface area contributed by atoms with Gasteiger partial charge < -0.3 is 9.73 Å². The van der Waals surface area contributed by atoms with Crippen LogP contribution in [0.25, 0.3) is 0 Å². The van der Waals surface area contributed by atoms with Crippen LogP contribution in [0.3, 0.4) is 0 Å². The number of oxazole rings is 1.